The van der Waals surface area contributed by atoms with E-state index in [-0.39, 0.29) is 17.6 Å². The van der Waals surface area contributed by atoms with E-state index >= 15 is 0 Å². The molecule has 116 valence electrons. The molecule has 0 saturated heterocycles. The lowest BCUT2D eigenvalue weighted by Crippen LogP contribution is -2.64. The molecular weight excluding hydrogens is 279 g/mol. The average Bonchev–Trinajstić information content (AvgIpc) is 2.47. The molecule has 2 nitrogen and oxygen atoms in total. The fourth-order valence-electron chi connectivity index (χ4n) is 3.73. The molecule has 2 unspecified atom stereocenters. The number of benzene rings is 1. The molecule has 2 saturated carbocycles. The van der Waals surface area contributed by atoms with Gasteiger partial charge < -0.3 is 10.5 Å². The average molecular weight is 299 g/mol. The van der Waals surface area contributed by atoms with Gasteiger partial charge in [-0.05, 0) is 37.1 Å². The Balaban J connectivity index is 1.69. The van der Waals surface area contributed by atoms with Crippen molar-refractivity contribution in [2.45, 2.75) is 56.8 Å². The number of halogens is 3. The van der Waals surface area contributed by atoms with Gasteiger partial charge in [0.2, 0.25) is 0 Å². The third-order valence-electron chi connectivity index (χ3n) is 5.09. The molecular formula is C16H20F3NO. The third kappa shape index (κ3) is 2.63. The van der Waals surface area contributed by atoms with Crippen LogP contribution in [0.15, 0.2) is 24.3 Å². The largest absolute Gasteiger partial charge is 0.490 e. The fraction of sp³-hybridized carbons (Fsp3) is 0.625. The lowest BCUT2D eigenvalue weighted by molar-refractivity contribution is -0.137. The molecule has 0 heterocycles. The molecule has 0 radical (unpaired) electrons. The van der Waals surface area contributed by atoms with Gasteiger partial charge in [0.1, 0.15) is 11.9 Å². The van der Waals surface area contributed by atoms with Crippen LogP contribution in [0.2, 0.25) is 0 Å². The topological polar surface area (TPSA) is 35.2 Å². The maximum absolute atomic E-state index is 12.5. The van der Waals surface area contributed by atoms with Gasteiger partial charge in [-0.2, -0.15) is 13.2 Å². The number of hydrogen-bond donors (Lipinski definition) is 1. The second-order valence-electron chi connectivity index (χ2n) is 6.26. The molecule has 2 fully saturated rings. The van der Waals surface area contributed by atoms with Crippen LogP contribution in [0.3, 0.4) is 0 Å². The molecule has 3 rings (SSSR count). The summed E-state index contributed by atoms with van der Waals surface area (Å²) in [6.45, 7) is 0. The van der Waals surface area contributed by atoms with Crippen molar-refractivity contribution in [3.8, 4) is 5.75 Å². The Hall–Kier alpha value is -1.23. The van der Waals surface area contributed by atoms with E-state index in [1.54, 1.807) is 0 Å². The lowest BCUT2D eigenvalue weighted by atomic mass is 9.55. The zero-order valence-corrected chi connectivity index (χ0v) is 11.8. The highest BCUT2D eigenvalue weighted by atomic mass is 19.4. The SMILES string of the molecule is NC1CC(Oc2ccc(C(F)(F)F)cc2)C12CCCCC2. The quantitative estimate of drug-likeness (QED) is 0.891. The minimum Gasteiger partial charge on any atom is -0.490 e. The van der Waals surface area contributed by atoms with Crippen LogP contribution in [-0.4, -0.2) is 12.1 Å². The van der Waals surface area contributed by atoms with Crippen LogP contribution in [0.4, 0.5) is 13.2 Å². The summed E-state index contributed by atoms with van der Waals surface area (Å²) in [7, 11) is 0. The standard InChI is InChI=1S/C16H20F3NO/c17-16(18,19)11-4-6-12(7-5-11)21-14-10-13(20)15(14)8-2-1-3-9-15/h4-7,13-14H,1-3,8-10,20H2. The summed E-state index contributed by atoms with van der Waals surface area (Å²) in [6, 6.07) is 5.12. The van der Waals surface area contributed by atoms with Gasteiger partial charge in [0.25, 0.3) is 0 Å². The van der Waals surface area contributed by atoms with Crippen molar-refractivity contribution < 1.29 is 17.9 Å². The van der Waals surface area contributed by atoms with Crippen molar-refractivity contribution in [1.29, 1.82) is 0 Å². The minimum atomic E-state index is -4.30. The fourth-order valence-corrected chi connectivity index (χ4v) is 3.73. The molecule has 2 aliphatic carbocycles. The van der Waals surface area contributed by atoms with Gasteiger partial charge in [0, 0.05) is 17.9 Å². The molecule has 2 N–H and O–H groups in total. The first-order valence-corrected chi connectivity index (χ1v) is 7.51. The van der Waals surface area contributed by atoms with Crippen LogP contribution in [0.5, 0.6) is 5.75 Å². The van der Waals surface area contributed by atoms with Gasteiger partial charge in [-0.3, -0.25) is 0 Å². The minimum absolute atomic E-state index is 0.0426. The number of rotatable bonds is 2. The summed E-state index contributed by atoms with van der Waals surface area (Å²) in [5, 5.41) is 0. The molecule has 0 aliphatic heterocycles. The molecule has 1 aromatic carbocycles. The molecule has 21 heavy (non-hydrogen) atoms. The Kier molecular flexibility index (Phi) is 3.64. The highest BCUT2D eigenvalue weighted by molar-refractivity contribution is 5.29. The Bertz CT molecular complexity index is 491. The summed E-state index contributed by atoms with van der Waals surface area (Å²) in [6.07, 6.45) is 2.24. The van der Waals surface area contributed by atoms with Crippen LogP contribution in [0, 0.1) is 5.41 Å². The Morgan fingerprint density at radius 2 is 1.67 bits per heavy atom. The molecule has 0 bridgehead atoms. The first-order chi connectivity index (χ1) is 9.92. The Morgan fingerprint density at radius 1 is 1.05 bits per heavy atom. The van der Waals surface area contributed by atoms with Gasteiger partial charge in [0.05, 0.1) is 5.56 Å². The first-order valence-electron chi connectivity index (χ1n) is 7.51. The number of hydrogen-bond acceptors (Lipinski definition) is 2. The highest BCUT2D eigenvalue weighted by Gasteiger charge is 2.54. The van der Waals surface area contributed by atoms with Gasteiger partial charge >= 0.3 is 6.18 Å². The zero-order chi connectivity index (χ0) is 15.1. The maximum Gasteiger partial charge on any atom is 0.416 e. The van der Waals surface area contributed by atoms with Crippen molar-refractivity contribution in [3.05, 3.63) is 29.8 Å². The first kappa shape index (κ1) is 14.7. The van der Waals surface area contributed by atoms with Crippen molar-refractivity contribution in [1.82, 2.24) is 0 Å². The lowest BCUT2D eigenvalue weighted by Gasteiger charge is -2.56. The van der Waals surface area contributed by atoms with Crippen molar-refractivity contribution in [3.63, 3.8) is 0 Å². The second kappa shape index (κ2) is 5.20. The van der Waals surface area contributed by atoms with E-state index in [9.17, 15) is 13.2 Å². The molecule has 0 aromatic heterocycles. The van der Waals surface area contributed by atoms with E-state index in [0.717, 1.165) is 31.4 Å². The van der Waals surface area contributed by atoms with Crippen LogP contribution >= 0.6 is 0 Å². The summed E-state index contributed by atoms with van der Waals surface area (Å²) in [4.78, 5) is 0. The molecule has 1 spiro atoms. The predicted molar refractivity (Wildman–Crippen MR) is 74.0 cm³/mol. The molecule has 2 atom stereocenters. The number of alkyl halides is 3. The zero-order valence-electron chi connectivity index (χ0n) is 11.8. The Labute approximate surface area is 122 Å². The smallest absolute Gasteiger partial charge is 0.416 e. The van der Waals surface area contributed by atoms with Gasteiger partial charge in [-0.15, -0.1) is 0 Å². The van der Waals surface area contributed by atoms with E-state index in [2.05, 4.69) is 0 Å². The molecule has 1 aromatic rings. The van der Waals surface area contributed by atoms with E-state index in [1.807, 2.05) is 0 Å². The summed E-state index contributed by atoms with van der Waals surface area (Å²) >= 11 is 0. The summed E-state index contributed by atoms with van der Waals surface area (Å²) < 4.78 is 43.6. The molecule has 0 amide bonds. The predicted octanol–water partition coefficient (Wildman–Crippen LogP) is 4.13. The monoisotopic (exact) mass is 299 g/mol. The molecule has 5 heteroatoms. The van der Waals surface area contributed by atoms with Crippen LogP contribution in [0.25, 0.3) is 0 Å². The van der Waals surface area contributed by atoms with Gasteiger partial charge in [-0.25, -0.2) is 0 Å². The number of ether oxygens (including phenoxy) is 1. The normalized spacial score (nSPS) is 28.2. The van der Waals surface area contributed by atoms with Crippen LogP contribution in [-0.2, 0) is 6.18 Å². The van der Waals surface area contributed by atoms with Crippen molar-refractivity contribution >= 4 is 0 Å². The van der Waals surface area contributed by atoms with Crippen molar-refractivity contribution in [2.24, 2.45) is 11.1 Å². The van der Waals surface area contributed by atoms with Crippen LogP contribution < -0.4 is 10.5 Å². The third-order valence-corrected chi connectivity index (χ3v) is 5.09. The van der Waals surface area contributed by atoms with Crippen LogP contribution in [0.1, 0.15) is 44.1 Å². The summed E-state index contributed by atoms with van der Waals surface area (Å²) in [5.41, 5.74) is 5.58. The van der Waals surface area contributed by atoms with Crippen molar-refractivity contribution in [2.75, 3.05) is 0 Å². The van der Waals surface area contributed by atoms with E-state index < -0.39 is 11.7 Å². The Morgan fingerprint density at radius 3 is 2.19 bits per heavy atom. The van der Waals surface area contributed by atoms with E-state index in [1.165, 1.54) is 31.4 Å². The summed E-state index contributed by atoms with van der Waals surface area (Å²) in [5.74, 6) is 0.504. The number of nitrogens with two attached hydrogens (primary N) is 1. The van der Waals surface area contributed by atoms with Gasteiger partial charge in [-0.1, -0.05) is 19.3 Å². The highest BCUT2D eigenvalue weighted by Crippen LogP contribution is 2.52. The van der Waals surface area contributed by atoms with E-state index in [4.69, 9.17) is 10.5 Å². The van der Waals surface area contributed by atoms with Gasteiger partial charge in [0.15, 0.2) is 0 Å². The van der Waals surface area contributed by atoms with E-state index in [0.29, 0.717) is 5.75 Å². The second-order valence-corrected chi connectivity index (χ2v) is 6.26. The maximum atomic E-state index is 12.5. The molecule has 2 aliphatic rings.